The van der Waals surface area contributed by atoms with Gasteiger partial charge in [-0.1, -0.05) is 11.8 Å². The molecular formula is C18H26O8. The Labute approximate surface area is 154 Å². The fourth-order valence-electron chi connectivity index (χ4n) is 1.35. The van der Waals surface area contributed by atoms with Crippen LogP contribution in [0.1, 0.15) is 13.8 Å². The Morgan fingerprint density at radius 1 is 0.615 bits per heavy atom. The van der Waals surface area contributed by atoms with Crippen LogP contribution in [0.2, 0.25) is 0 Å². The summed E-state index contributed by atoms with van der Waals surface area (Å²) < 4.78 is 30.2. The smallest absolute Gasteiger partial charge is 0.384 e. The summed E-state index contributed by atoms with van der Waals surface area (Å²) in [6.45, 7) is 6.76. The lowest BCUT2D eigenvalue weighted by atomic mass is 10.6. The van der Waals surface area contributed by atoms with Crippen LogP contribution in [-0.4, -0.2) is 78.0 Å². The summed E-state index contributed by atoms with van der Waals surface area (Å²) >= 11 is 0. The molecule has 0 fully saturated rings. The van der Waals surface area contributed by atoms with E-state index in [1.54, 1.807) is 13.8 Å². The lowest BCUT2D eigenvalue weighted by Crippen LogP contribution is -2.12. The molecule has 0 heterocycles. The molecule has 0 aromatic carbocycles. The van der Waals surface area contributed by atoms with Gasteiger partial charge in [-0.2, -0.15) is 0 Å². The summed E-state index contributed by atoms with van der Waals surface area (Å²) in [7, 11) is 0. The highest BCUT2D eigenvalue weighted by Crippen LogP contribution is 1.83. The summed E-state index contributed by atoms with van der Waals surface area (Å²) in [5.74, 6) is 8.58. The van der Waals surface area contributed by atoms with E-state index < -0.39 is 11.9 Å². The van der Waals surface area contributed by atoms with Crippen molar-refractivity contribution >= 4 is 11.9 Å². The van der Waals surface area contributed by atoms with Gasteiger partial charge in [0.15, 0.2) is 0 Å². The van der Waals surface area contributed by atoms with E-state index in [-0.39, 0.29) is 13.2 Å². The van der Waals surface area contributed by atoms with Crippen molar-refractivity contribution in [3.8, 4) is 23.7 Å². The van der Waals surface area contributed by atoms with E-state index in [4.69, 9.17) is 18.9 Å². The maximum atomic E-state index is 10.9. The third-order valence-electron chi connectivity index (χ3n) is 2.40. The number of carbonyl (C=O) groups is 2. The number of hydrogen-bond donors (Lipinski definition) is 0. The maximum Gasteiger partial charge on any atom is 0.384 e. The van der Waals surface area contributed by atoms with Crippen LogP contribution in [-0.2, 0) is 38.0 Å². The SMILES string of the molecule is CCOC(=O)C#CCOCCOCCOCCOCC#CC(=O)OCC. The summed E-state index contributed by atoms with van der Waals surface area (Å²) in [5, 5.41) is 0. The number of ether oxygens (including phenoxy) is 6. The lowest BCUT2D eigenvalue weighted by molar-refractivity contribution is -0.137. The molecule has 0 rings (SSSR count). The Morgan fingerprint density at radius 3 is 1.31 bits per heavy atom. The van der Waals surface area contributed by atoms with Crippen molar-refractivity contribution < 1.29 is 38.0 Å². The molecule has 0 saturated heterocycles. The molecule has 0 spiro atoms. The van der Waals surface area contributed by atoms with Gasteiger partial charge in [-0.05, 0) is 13.8 Å². The zero-order valence-corrected chi connectivity index (χ0v) is 15.3. The van der Waals surface area contributed by atoms with Crippen LogP contribution in [0.5, 0.6) is 0 Å². The molecule has 0 aromatic rings. The van der Waals surface area contributed by atoms with Crippen LogP contribution in [0.3, 0.4) is 0 Å². The van der Waals surface area contributed by atoms with Gasteiger partial charge in [0.25, 0.3) is 0 Å². The van der Waals surface area contributed by atoms with Crippen molar-refractivity contribution in [2.45, 2.75) is 13.8 Å². The molecule has 0 atom stereocenters. The second-order valence-corrected chi connectivity index (χ2v) is 4.37. The molecule has 0 aliphatic carbocycles. The largest absolute Gasteiger partial charge is 0.456 e. The first-order chi connectivity index (χ1) is 12.7. The normalized spacial score (nSPS) is 9.46. The second kappa shape index (κ2) is 19.2. The van der Waals surface area contributed by atoms with Gasteiger partial charge in [0.05, 0.1) is 52.9 Å². The van der Waals surface area contributed by atoms with Crippen LogP contribution in [0.15, 0.2) is 0 Å². The fourth-order valence-corrected chi connectivity index (χ4v) is 1.35. The molecule has 8 heteroatoms. The Balaban J connectivity index is 3.27. The number of hydrogen-bond acceptors (Lipinski definition) is 8. The van der Waals surface area contributed by atoms with E-state index in [1.165, 1.54) is 0 Å². The topological polar surface area (TPSA) is 89.5 Å². The highest BCUT2D eigenvalue weighted by atomic mass is 16.6. The maximum absolute atomic E-state index is 10.9. The van der Waals surface area contributed by atoms with Crippen molar-refractivity contribution in [1.82, 2.24) is 0 Å². The molecule has 0 aromatic heterocycles. The molecule has 146 valence electrons. The number of esters is 2. The minimum Gasteiger partial charge on any atom is -0.456 e. The van der Waals surface area contributed by atoms with E-state index in [0.29, 0.717) is 52.9 Å². The van der Waals surface area contributed by atoms with Gasteiger partial charge in [0.2, 0.25) is 0 Å². The van der Waals surface area contributed by atoms with Crippen molar-refractivity contribution in [2.75, 3.05) is 66.1 Å². The van der Waals surface area contributed by atoms with Gasteiger partial charge in [-0.25, -0.2) is 9.59 Å². The van der Waals surface area contributed by atoms with Gasteiger partial charge in [-0.15, -0.1) is 0 Å². The summed E-state index contributed by atoms with van der Waals surface area (Å²) in [5.41, 5.74) is 0. The van der Waals surface area contributed by atoms with E-state index >= 15 is 0 Å². The minimum atomic E-state index is -0.556. The highest BCUT2D eigenvalue weighted by molar-refractivity contribution is 5.88. The molecule has 0 radical (unpaired) electrons. The van der Waals surface area contributed by atoms with E-state index in [9.17, 15) is 9.59 Å². The zero-order valence-electron chi connectivity index (χ0n) is 15.3. The molecule has 0 N–H and O–H groups in total. The molecule has 8 nitrogen and oxygen atoms in total. The van der Waals surface area contributed by atoms with Gasteiger partial charge in [-0.3, -0.25) is 0 Å². The molecule has 0 saturated carbocycles. The van der Waals surface area contributed by atoms with Gasteiger partial charge in [0, 0.05) is 11.8 Å². The third-order valence-corrected chi connectivity index (χ3v) is 2.40. The monoisotopic (exact) mass is 370 g/mol. The first kappa shape index (κ1) is 23.9. The van der Waals surface area contributed by atoms with Crippen LogP contribution >= 0.6 is 0 Å². The van der Waals surface area contributed by atoms with Gasteiger partial charge < -0.3 is 28.4 Å². The van der Waals surface area contributed by atoms with Crippen LogP contribution in [0, 0.1) is 23.7 Å². The number of carbonyl (C=O) groups excluding carboxylic acids is 2. The molecular weight excluding hydrogens is 344 g/mol. The van der Waals surface area contributed by atoms with Crippen molar-refractivity contribution in [3.63, 3.8) is 0 Å². The molecule has 0 aliphatic heterocycles. The molecule has 26 heavy (non-hydrogen) atoms. The summed E-state index contributed by atoms with van der Waals surface area (Å²) in [6, 6.07) is 0. The standard InChI is InChI=1S/C18H26O8/c1-3-25-17(19)7-5-9-21-11-13-23-15-16-24-14-12-22-10-6-8-18(20)26-4-2/h3-4,9-16H2,1-2H3. The first-order valence-electron chi connectivity index (χ1n) is 8.32. The lowest BCUT2D eigenvalue weighted by Gasteiger charge is -2.05. The predicted molar refractivity (Wildman–Crippen MR) is 92.1 cm³/mol. The molecule has 0 unspecified atom stereocenters. The van der Waals surface area contributed by atoms with Crippen molar-refractivity contribution in [2.24, 2.45) is 0 Å². The average molecular weight is 370 g/mol. The molecule has 0 bridgehead atoms. The van der Waals surface area contributed by atoms with Gasteiger partial charge >= 0.3 is 11.9 Å². The van der Waals surface area contributed by atoms with Crippen molar-refractivity contribution in [1.29, 1.82) is 0 Å². The van der Waals surface area contributed by atoms with E-state index in [0.717, 1.165) is 0 Å². The molecule has 0 aliphatic rings. The highest BCUT2D eigenvalue weighted by Gasteiger charge is 1.94. The molecule has 0 amide bonds. The minimum absolute atomic E-state index is 0.148. The average Bonchev–Trinajstić information content (AvgIpc) is 2.61. The third kappa shape index (κ3) is 18.2. The Kier molecular flexibility index (Phi) is 17.7. The zero-order chi connectivity index (χ0) is 19.3. The van der Waals surface area contributed by atoms with E-state index in [2.05, 4.69) is 33.2 Å². The first-order valence-corrected chi connectivity index (χ1v) is 8.32. The Hall–Kier alpha value is -2.10. The van der Waals surface area contributed by atoms with Crippen LogP contribution < -0.4 is 0 Å². The Bertz CT molecular complexity index is 449. The Morgan fingerprint density at radius 2 is 0.962 bits per heavy atom. The summed E-state index contributed by atoms with van der Waals surface area (Å²) in [6.07, 6.45) is 0. The van der Waals surface area contributed by atoms with Crippen LogP contribution in [0.4, 0.5) is 0 Å². The van der Waals surface area contributed by atoms with E-state index in [1.807, 2.05) is 0 Å². The summed E-state index contributed by atoms with van der Waals surface area (Å²) in [4.78, 5) is 21.8. The van der Waals surface area contributed by atoms with Crippen LogP contribution in [0.25, 0.3) is 0 Å². The number of rotatable bonds is 13. The second-order valence-electron chi connectivity index (χ2n) is 4.37. The fraction of sp³-hybridized carbons (Fsp3) is 0.667. The van der Waals surface area contributed by atoms with Crippen molar-refractivity contribution in [3.05, 3.63) is 0 Å². The van der Waals surface area contributed by atoms with Gasteiger partial charge in [0.1, 0.15) is 13.2 Å². The predicted octanol–water partition coefficient (Wildman–Crippen LogP) is 0.186. The quantitative estimate of drug-likeness (QED) is 0.196.